The number of hydrogen-bond acceptors (Lipinski definition) is 8. The number of amidine groups is 1. The van der Waals surface area contributed by atoms with Gasteiger partial charge in [0.25, 0.3) is 10.0 Å². The van der Waals surface area contributed by atoms with Gasteiger partial charge in [-0.2, -0.15) is 0 Å². The second kappa shape index (κ2) is 8.07. The van der Waals surface area contributed by atoms with Gasteiger partial charge in [0, 0.05) is 23.9 Å². The molecule has 2 heterocycles. The minimum Gasteiger partial charge on any atom is -0.457 e. The number of hydrogen-bond donors (Lipinski definition) is 2. The lowest BCUT2D eigenvalue weighted by atomic mass is 10.2. The van der Waals surface area contributed by atoms with Gasteiger partial charge in [-0.1, -0.05) is 24.3 Å². The van der Waals surface area contributed by atoms with Crippen LogP contribution in [0.1, 0.15) is 24.2 Å². The number of carbonyl (C=O) groups is 1. The van der Waals surface area contributed by atoms with Crippen molar-refractivity contribution < 1.29 is 17.9 Å². The summed E-state index contributed by atoms with van der Waals surface area (Å²) in [7, 11) is -3.56. The Bertz CT molecular complexity index is 1260. The van der Waals surface area contributed by atoms with E-state index < -0.39 is 16.0 Å². The van der Waals surface area contributed by atoms with E-state index in [4.69, 9.17) is 10.5 Å². The van der Waals surface area contributed by atoms with Gasteiger partial charge in [0.2, 0.25) is 0 Å². The first-order chi connectivity index (χ1) is 14.4. The predicted octanol–water partition coefficient (Wildman–Crippen LogP) is 1.77. The summed E-state index contributed by atoms with van der Waals surface area (Å²) >= 11 is 0. The van der Waals surface area contributed by atoms with E-state index in [-0.39, 0.29) is 24.5 Å². The molecular weight excluding hydrogens is 406 g/mol. The topological polar surface area (TPSA) is 137 Å². The molecule has 1 aromatic heterocycles. The number of aliphatic imine (C=N–C) groups is 1. The summed E-state index contributed by atoms with van der Waals surface area (Å²) in [4.78, 5) is 25.0. The van der Waals surface area contributed by atoms with Gasteiger partial charge in [0.15, 0.2) is 12.4 Å². The van der Waals surface area contributed by atoms with Crippen LogP contribution >= 0.6 is 0 Å². The normalized spacial score (nSPS) is 15.7. The third kappa shape index (κ3) is 4.08. The Morgan fingerprint density at radius 1 is 1.10 bits per heavy atom. The molecule has 9 nitrogen and oxygen atoms in total. The number of carbonyl (C=O) groups excluding carboxylic acids is 1. The van der Waals surface area contributed by atoms with Crippen molar-refractivity contribution in [3.63, 3.8) is 0 Å². The molecular formula is C20H19N5O4S. The van der Waals surface area contributed by atoms with Crippen LogP contribution in [0.2, 0.25) is 0 Å². The highest BCUT2D eigenvalue weighted by molar-refractivity contribution is 7.90. The summed E-state index contributed by atoms with van der Waals surface area (Å²) in [5, 5.41) is 0.746. The summed E-state index contributed by atoms with van der Waals surface area (Å²) in [5.41, 5.74) is 7.14. The highest BCUT2D eigenvalue weighted by Gasteiger charge is 2.29. The zero-order chi connectivity index (χ0) is 21.1. The van der Waals surface area contributed by atoms with Gasteiger partial charge in [-0.15, -0.1) is 0 Å². The molecule has 30 heavy (non-hydrogen) atoms. The van der Waals surface area contributed by atoms with Gasteiger partial charge >= 0.3 is 5.97 Å². The number of rotatable bonds is 6. The number of ether oxygens (including phenoxy) is 1. The molecule has 2 aromatic carbocycles. The first kappa shape index (κ1) is 19.8. The summed E-state index contributed by atoms with van der Waals surface area (Å²) in [5.74, 6) is 0.537. The maximum Gasteiger partial charge on any atom is 0.306 e. The van der Waals surface area contributed by atoms with Gasteiger partial charge in [-0.3, -0.25) is 14.5 Å². The second-order valence-electron chi connectivity index (χ2n) is 6.64. The summed E-state index contributed by atoms with van der Waals surface area (Å²) in [6.45, 7) is 0.205. The molecule has 0 amide bonds. The lowest BCUT2D eigenvalue weighted by Crippen LogP contribution is -2.22. The van der Waals surface area contributed by atoms with Crippen molar-refractivity contribution in [3.8, 4) is 0 Å². The van der Waals surface area contributed by atoms with E-state index in [1.807, 2.05) is 24.3 Å². The first-order valence-electron chi connectivity index (χ1n) is 9.27. The van der Waals surface area contributed by atoms with Gasteiger partial charge in [0.1, 0.15) is 11.7 Å². The van der Waals surface area contributed by atoms with Crippen molar-refractivity contribution in [2.45, 2.75) is 24.3 Å². The molecule has 1 aliphatic heterocycles. The molecule has 0 atom stereocenters. The lowest BCUT2D eigenvalue weighted by molar-refractivity contribution is -0.145. The van der Waals surface area contributed by atoms with Crippen molar-refractivity contribution in [2.75, 3.05) is 12.3 Å². The maximum atomic E-state index is 12.0. The number of esters is 1. The number of nitrogen functional groups attached to an aromatic ring is 1. The number of para-hydroxylation sites is 1. The standard InChI is InChI=1S/C20H19N5O4S/c21-19-13-6-1-3-8-15(13)23-17(24-19)12-29-18(26)10-5-11-22-20-14-7-2-4-9-16(14)30(27,28)25-20/h1-4,6-9H,5,10-12H2,(H,22,25)(H2,21,23,24). The highest BCUT2D eigenvalue weighted by atomic mass is 32.2. The highest BCUT2D eigenvalue weighted by Crippen LogP contribution is 2.22. The molecule has 0 radical (unpaired) electrons. The summed E-state index contributed by atoms with van der Waals surface area (Å²) in [6, 6.07) is 13.9. The molecule has 3 aromatic rings. The number of nitrogens with one attached hydrogen (secondary N) is 1. The Morgan fingerprint density at radius 2 is 1.87 bits per heavy atom. The molecule has 0 spiro atoms. The molecule has 10 heteroatoms. The minimum absolute atomic E-state index is 0.0738. The van der Waals surface area contributed by atoms with Crippen LogP contribution in [0.3, 0.4) is 0 Å². The molecule has 154 valence electrons. The Morgan fingerprint density at radius 3 is 2.73 bits per heavy atom. The van der Waals surface area contributed by atoms with Crippen LogP contribution in [0.5, 0.6) is 0 Å². The van der Waals surface area contributed by atoms with Crippen LogP contribution < -0.4 is 10.5 Å². The molecule has 0 aliphatic carbocycles. The Hall–Kier alpha value is -3.53. The summed E-state index contributed by atoms with van der Waals surface area (Å²) < 4.78 is 31.7. The van der Waals surface area contributed by atoms with Crippen LogP contribution in [-0.4, -0.2) is 36.7 Å². The molecule has 1 aliphatic rings. The zero-order valence-corrected chi connectivity index (χ0v) is 16.7. The maximum absolute atomic E-state index is 12.0. The number of nitrogens with zero attached hydrogens (tertiary/aromatic N) is 3. The molecule has 3 N–H and O–H groups in total. The zero-order valence-electron chi connectivity index (χ0n) is 15.9. The largest absolute Gasteiger partial charge is 0.457 e. The van der Waals surface area contributed by atoms with E-state index in [0.29, 0.717) is 35.0 Å². The van der Waals surface area contributed by atoms with E-state index in [2.05, 4.69) is 19.7 Å². The van der Waals surface area contributed by atoms with Crippen LogP contribution in [0.25, 0.3) is 10.9 Å². The number of aromatic nitrogens is 2. The predicted molar refractivity (Wildman–Crippen MR) is 111 cm³/mol. The number of anilines is 1. The van der Waals surface area contributed by atoms with Crippen molar-refractivity contribution in [1.82, 2.24) is 14.7 Å². The van der Waals surface area contributed by atoms with Crippen molar-refractivity contribution in [1.29, 1.82) is 0 Å². The van der Waals surface area contributed by atoms with Crippen LogP contribution in [0.15, 0.2) is 58.4 Å². The number of fused-ring (bicyclic) bond motifs is 2. The Labute approximate surface area is 173 Å². The second-order valence-corrected chi connectivity index (χ2v) is 8.29. The smallest absolute Gasteiger partial charge is 0.306 e. The fourth-order valence-electron chi connectivity index (χ4n) is 3.10. The van der Waals surface area contributed by atoms with E-state index >= 15 is 0 Å². The van der Waals surface area contributed by atoms with Crippen molar-refractivity contribution in [3.05, 3.63) is 59.9 Å². The molecule has 0 saturated heterocycles. The van der Waals surface area contributed by atoms with E-state index in [0.717, 1.165) is 5.39 Å². The number of nitrogens with two attached hydrogens (primary N) is 1. The average molecular weight is 425 g/mol. The number of sulfonamides is 1. The van der Waals surface area contributed by atoms with Crippen LogP contribution in [-0.2, 0) is 26.2 Å². The molecule has 0 fully saturated rings. The third-order valence-electron chi connectivity index (χ3n) is 4.51. The first-order valence-corrected chi connectivity index (χ1v) is 10.8. The Balaban J connectivity index is 1.30. The fourth-order valence-corrected chi connectivity index (χ4v) is 4.35. The summed E-state index contributed by atoms with van der Waals surface area (Å²) in [6.07, 6.45) is 0.543. The van der Waals surface area contributed by atoms with Crippen LogP contribution in [0.4, 0.5) is 5.82 Å². The minimum atomic E-state index is -3.56. The quantitative estimate of drug-likeness (QED) is 0.454. The average Bonchev–Trinajstić information content (AvgIpc) is 3.00. The van der Waals surface area contributed by atoms with E-state index in [1.54, 1.807) is 18.2 Å². The molecule has 0 unspecified atom stereocenters. The van der Waals surface area contributed by atoms with E-state index in [1.165, 1.54) is 6.07 Å². The SMILES string of the molecule is Nc1nc(COC(=O)CCCN=C2NS(=O)(=O)c3ccccc32)nc2ccccc12. The van der Waals surface area contributed by atoms with Crippen LogP contribution in [0, 0.1) is 0 Å². The number of benzene rings is 2. The van der Waals surface area contributed by atoms with Gasteiger partial charge in [0.05, 0.1) is 10.4 Å². The van der Waals surface area contributed by atoms with Gasteiger partial charge in [-0.05, 0) is 30.7 Å². The monoisotopic (exact) mass is 425 g/mol. The van der Waals surface area contributed by atoms with Gasteiger partial charge in [-0.25, -0.2) is 18.4 Å². The van der Waals surface area contributed by atoms with Gasteiger partial charge < -0.3 is 10.5 Å². The fraction of sp³-hybridized carbons (Fsp3) is 0.200. The third-order valence-corrected chi connectivity index (χ3v) is 5.91. The molecule has 0 bridgehead atoms. The van der Waals surface area contributed by atoms with Crippen molar-refractivity contribution in [2.24, 2.45) is 4.99 Å². The molecule has 4 rings (SSSR count). The molecule has 0 saturated carbocycles. The Kier molecular flexibility index (Phi) is 5.32. The van der Waals surface area contributed by atoms with Crippen molar-refractivity contribution >= 4 is 38.5 Å². The lowest BCUT2D eigenvalue weighted by Gasteiger charge is -2.06. The van der Waals surface area contributed by atoms with E-state index in [9.17, 15) is 13.2 Å².